The van der Waals surface area contributed by atoms with E-state index in [0.29, 0.717) is 13.2 Å². The van der Waals surface area contributed by atoms with E-state index >= 15 is 0 Å². The second-order valence-corrected chi connectivity index (χ2v) is 7.38. The fourth-order valence-electron chi connectivity index (χ4n) is 0.826. The van der Waals surface area contributed by atoms with Gasteiger partial charge in [-0.15, -0.1) is 12.6 Å². The molecular weight excluding hydrogens is 208 g/mol. The molecule has 0 aliphatic carbocycles. The first-order valence-electron chi connectivity index (χ1n) is 5.42. The third kappa shape index (κ3) is 10.6. The van der Waals surface area contributed by atoms with E-state index in [1.807, 2.05) is 13.8 Å². The molecule has 0 aliphatic rings. The summed E-state index contributed by atoms with van der Waals surface area (Å²) in [6.07, 6.45) is 0. The molecule has 0 rings (SSSR count). The van der Waals surface area contributed by atoms with E-state index in [0.717, 1.165) is 0 Å². The van der Waals surface area contributed by atoms with Crippen LogP contribution in [0.1, 0.15) is 48.5 Å². The number of hydrogen-bond donors (Lipinski definition) is 1. The van der Waals surface area contributed by atoms with Crippen LogP contribution < -0.4 is 0 Å². The molecular formula is C12H26O2S. The Morgan fingerprint density at radius 3 is 1.53 bits per heavy atom. The summed E-state index contributed by atoms with van der Waals surface area (Å²) in [5.41, 5.74) is -0.0684. The van der Waals surface area contributed by atoms with Crippen molar-refractivity contribution in [3.8, 4) is 0 Å². The third-order valence-corrected chi connectivity index (χ3v) is 1.84. The molecule has 0 aliphatic heterocycles. The van der Waals surface area contributed by atoms with Crippen LogP contribution in [0.4, 0.5) is 0 Å². The summed E-state index contributed by atoms with van der Waals surface area (Å²) in [6.45, 7) is 15.7. The van der Waals surface area contributed by atoms with Gasteiger partial charge in [-0.1, -0.05) is 13.8 Å². The van der Waals surface area contributed by atoms with Crippen molar-refractivity contribution in [1.29, 1.82) is 0 Å². The molecule has 0 aromatic heterocycles. The zero-order valence-corrected chi connectivity index (χ0v) is 12.1. The lowest BCUT2D eigenvalue weighted by molar-refractivity contribution is -0.0794. The molecule has 0 radical (unpaired) electrons. The third-order valence-electron chi connectivity index (χ3n) is 1.71. The average molecular weight is 234 g/mol. The highest BCUT2D eigenvalue weighted by Crippen LogP contribution is 2.24. The molecule has 0 aromatic rings. The van der Waals surface area contributed by atoms with E-state index in [9.17, 15) is 0 Å². The topological polar surface area (TPSA) is 18.5 Å². The van der Waals surface area contributed by atoms with Crippen molar-refractivity contribution >= 4 is 12.6 Å². The van der Waals surface area contributed by atoms with Gasteiger partial charge in [0.25, 0.3) is 0 Å². The Morgan fingerprint density at radius 2 is 1.20 bits per heavy atom. The molecule has 0 saturated heterocycles. The summed E-state index contributed by atoms with van der Waals surface area (Å²) in [6, 6.07) is 0. The quantitative estimate of drug-likeness (QED) is 0.579. The maximum Gasteiger partial charge on any atom is 0.105 e. The molecule has 0 amide bonds. The van der Waals surface area contributed by atoms with Crippen LogP contribution in [-0.4, -0.2) is 23.7 Å². The zero-order chi connectivity index (χ0) is 12.3. The lowest BCUT2D eigenvalue weighted by atomic mass is 9.96. The first-order chi connectivity index (χ1) is 6.41. The SMILES string of the molecule is CC(C)(COC(C)(C)C)COC(C)(C)S. The highest BCUT2D eigenvalue weighted by Gasteiger charge is 2.25. The largest absolute Gasteiger partial charge is 0.375 e. The predicted octanol–water partition coefficient (Wildman–Crippen LogP) is 3.51. The fraction of sp³-hybridized carbons (Fsp3) is 1.00. The minimum absolute atomic E-state index is 0.0211. The van der Waals surface area contributed by atoms with Gasteiger partial charge in [-0.3, -0.25) is 0 Å². The van der Waals surface area contributed by atoms with Crippen LogP contribution in [0.5, 0.6) is 0 Å². The fourth-order valence-corrected chi connectivity index (χ4v) is 0.890. The lowest BCUT2D eigenvalue weighted by Gasteiger charge is -2.32. The number of thiol groups is 1. The summed E-state index contributed by atoms with van der Waals surface area (Å²) < 4.78 is 11.4. The highest BCUT2D eigenvalue weighted by atomic mass is 32.1. The summed E-state index contributed by atoms with van der Waals surface area (Å²) in [5.74, 6) is 0. The van der Waals surface area contributed by atoms with E-state index in [1.54, 1.807) is 0 Å². The summed E-state index contributed by atoms with van der Waals surface area (Å²) >= 11 is 4.33. The Morgan fingerprint density at radius 1 is 0.800 bits per heavy atom. The van der Waals surface area contributed by atoms with Crippen molar-refractivity contribution in [3.05, 3.63) is 0 Å². The van der Waals surface area contributed by atoms with Gasteiger partial charge in [0, 0.05) is 5.41 Å². The molecule has 0 unspecified atom stereocenters. The molecule has 15 heavy (non-hydrogen) atoms. The molecule has 0 aromatic carbocycles. The smallest absolute Gasteiger partial charge is 0.105 e. The van der Waals surface area contributed by atoms with E-state index in [4.69, 9.17) is 9.47 Å². The Balaban J connectivity index is 3.98. The number of ether oxygens (including phenoxy) is 2. The molecule has 0 heterocycles. The first kappa shape index (κ1) is 15.3. The maximum absolute atomic E-state index is 5.75. The lowest BCUT2D eigenvalue weighted by Crippen LogP contribution is -2.33. The van der Waals surface area contributed by atoms with Gasteiger partial charge in [0.15, 0.2) is 0 Å². The summed E-state index contributed by atoms with van der Waals surface area (Å²) in [5, 5.41) is 0. The summed E-state index contributed by atoms with van der Waals surface area (Å²) in [7, 11) is 0. The molecule has 0 fully saturated rings. The average Bonchev–Trinajstić information content (AvgIpc) is 1.96. The normalized spacial score (nSPS) is 14.4. The Hall–Kier alpha value is 0.270. The molecule has 0 bridgehead atoms. The first-order valence-corrected chi connectivity index (χ1v) is 5.86. The van der Waals surface area contributed by atoms with Crippen LogP contribution in [0.2, 0.25) is 0 Å². The second kappa shape index (κ2) is 5.07. The van der Waals surface area contributed by atoms with E-state index < -0.39 is 0 Å². The minimum atomic E-state index is -0.376. The van der Waals surface area contributed by atoms with Crippen molar-refractivity contribution < 1.29 is 9.47 Å². The van der Waals surface area contributed by atoms with Crippen molar-refractivity contribution in [1.82, 2.24) is 0 Å². The van der Waals surface area contributed by atoms with Crippen LogP contribution in [0.25, 0.3) is 0 Å². The van der Waals surface area contributed by atoms with E-state index in [1.165, 1.54) is 0 Å². The van der Waals surface area contributed by atoms with Gasteiger partial charge in [0.1, 0.15) is 4.93 Å². The van der Waals surface area contributed by atoms with Gasteiger partial charge >= 0.3 is 0 Å². The van der Waals surface area contributed by atoms with Crippen LogP contribution in [0.3, 0.4) is 0 Å². The van der Waals surface area contributed by atoms with Gasteiger partial charge in [0.05, 0.1) is 18.8 Å². The monoisotopic (exact) mass is 234 g/mol. The van der Waals surface area contributed by atoms with Crippen molar-refractivity contribution in [2.75, 3.05) is 13.2 Å². The molecule has 3 heteroatoms. The second-order valence-electron chi connectivity index (χ2n) is 6.30. The Kier molecular flexibility index (Phi) is 5.16. The zero-order valence-electron chi connectivity index (χ0n) is 11.2. The number of rotatable bonds is 5. The van der Waals surface area contributed by atoms with E-state index in [2.05, 4.69) is 47.2 Å². The summed E-state index contributed by atoms with van der Waals surface area (Å²) in [4.78, 5) is -0.376. The maximum atomic E-state index is 5.75. The van der Waals surface area contributed by atoms with Crippen LogP contribution in [0.15, 0.2) is 0 Å². The number of hydrogen-bond acceptors (Lipinski definition) is 3. The molecule has 0 atom stereocenters. The van der Waals surface area contributed by atoms with Gasteiger partial charge < -0.3 is 9.47 Å². The van der Waals surface area contributed by atoms with E-state index in [-0.39, 0.29) is 15.9 Å². The van der Waals surface area contributed by atoms with Gasteiger partial charge in [0.2, 0.25) is 0 Å². The Bertz CT molecular complexity index is 167. The van der Waals surface area contributed by atoms with Crippen LogP contribution in [-0.2, 0) is 9.47 Å². The van der Waals surface area contributed by atoms with Crippen molar-refractivity contribution in [2.24, 2.45) is 5.41 Å². The molecule has 92 valence electrons. The van der Waals surface area contributed by atoms with Gasteiger partial charge in [-0.2, -0.15) is 0 Å². The molecule has 2 nitrogen and oxygen atoms in total. The minimum Gasteiger partial charge on any atom is -0.375 e. The molecule has 0 saturated carbocycles. The van der Waals surface area contributed by atoms with Gasteiger partial charge in [-0.05, 0) is 34.6 Å². The predicted molar refractivity (Wildman–Crippen MR) is 68.5 cm³/mol. The standard InChI is InChI=1S/C12H26O2S/c1-10(2,3)13-8-11(4,5)9-14-12(6,7)15/h15H,8-9H2,1-7H3. The highest BCUT2D eigenvalue weighted by molar-refractivity contribution is 7.81. The van der Waals surface area contributed by atoms with Crippen LogP contribution >= 0.6 is 12.6 Å². The molecule has 0 N–H and O–H groups in total. The molecule has 0 spiro atoms. The Labute approximate surface area is 100 Å². The van der Waals surface area contributed by atoms with Gasteiger partial charge in [-0.25, -0.2) is 0 Å². The van der Waals surface area contributed by atoms with Crippen LogP contribution in [0, 0.1) is 5.41 Å². The van der Waals surface area contributed by atoms with Crippen molar-refractivity contribution in [3.63, 3.8) is 0 Å². The van der Waals surface area contributed by atoms with Crippen molar-refractivity contribution in [2.45, 2.75) is 59.0 Å².